The molecule has 5 heteroatoms. The third-order valence-electron chi connectivity index (χ3n) is 3.29. The van der Waals surface area contributed by atoms with Gasteiger partial charge in [0.1, 0.15) is 9.84 Å². The Balaban J connectivity index is 4.51. The summed E-state index contributed by atoms with van der Waals surface area (Å²) < 4.78 is 22.2. The molecule has 0 aromatic heterocycles. The summed E-state index contributed by atoms with van der Waals surface area (Å²) in [7, 11) is -2.92. The second-order valence-electron chi connectivity index (χ2n) is 4.85. The summed E-state index contributed by atoms with van der Waals surface area (Å²) in [6.45, 7) is 10.2. The first-order chi connectivity index (χ1) is 7.15. The molecular formula is C11H26N2O2S. The van der Waals surface area contributed by atoms with Gasteiger partial charge in [0.15, 0.2) is 0 Å². The molecule has 2 N–H and O–H groups in total. The Morgan fingerprint density at radius 3 is 2.00 bits per heavy atom. The lowest BCUT2D eigenvalue weighted by Gasteiger charge is -2.41. The molecule has 0 aromatic rings. The van der Waals surface area contributed by atoms with Gasteiger partial charge < -0.3 is 5.73 Å². The Morgan fingerprint density at radius 2 is 1.69 bits per heavy atom. The van der Waals surface area contributed by atoms with Crippen molar-refractivity contribution in [2.45, 2.75) is 45.7 Å². The lowest BCUT2D eigenvalue weighted by molar-refractivity contribution is 0.105. The first-order valence-corrected chi connectivity index (χ1v) is 7.89. The van der Waals surface area contributed by atoms with Crippen LogP contribution in [0, 0.1) is 0 Å². The largest absolute Gasteiger partial charge is 0.326 e. The van der Waals surface area contributed by atoms with Gasteiger partial charge in [-0.1, -0.05) is 13.8 Å². The van der Waals surface area contributed by atoms with E-state index in [2.05, 4.69) is 32.6 Å². The molecule has 0 saturated carbocycles. The number of likely N-dealkylation sites (N-methyl/N-ethyl adjacent to an activating group) is 1. The van der Waals surface area contributed by atoms with Crippen LogP contribution in [0.3, 0.4) is 0 Å². The van der Waals surface area contributed by atoms with Gasteiger partial charge in [-0.25, -0.2) is 8.42 Å². The number of nitrogens with zero attached hydrogens (tertiary/aromatic N) is 1. The number of hydrogen-bond acceptors (Lipinski definition) is 4. The van der Waals surface area contributed by atoms with Crippen LogP contribution >= 0.6 is 0 Å². The van der Waals surface area contributed by atoms with Gasteiger partial charge in [-0.15, -0.1) is 0 Å². The minimum atomic E-state index is -2.92. The summed E-state index contributed by atoms with van der Waals surface area (Å²) in [6, 6.07) is -0.123. The summed E-state index contributed by atoms with van der Waals surface area (Å²) in [5.74, 6) is 0.166. The topological polar surface area (TPSA) is 63.4 Å². The summed E-state index contributed by atoms with van der Waals surface area (Å²) in [5.41, 5.74) is 5.95. The summed E-state index contributed by atoms with van der Waals surface area (Å²) in [5, 5.41) is 0. The number of nitrogens with two attached hydrogens (primary N) is 1. The Hall–Kier alpha value is -0.130. The predicted octanol–water partition coefficient (Wildman–Crippen LogP) is 0.869. The number of hydrogen-bond donors (Lipinski definition) is 1. The quantitative estimate of drug-likeness (QED) is 0.728. The SMILES string of the molecule is CCN(CC)C(C)(C)C(N)CCS(C)(=O)=O. The van der Waals surface area contributed by atoms with Crippen LogP contribution in [0.25, 0.3) is 0 Å². The van der Waals surface area contributed by atoms with Gasteiger partial charge in [0, 0.05) is 17.8 Å². The number of sulfone groups is 1. The second kappa shape index (κ2) is 5.98. The van der Waals surface area contributed by atoms with Gasteiger partial charge in [-0.3, -0.25) is 4.90 Å². The molecule has 0 aromatic carbocycles. The van der Waals surface area contributed by atoms with Crippen molar-refractivity contribution in [1.82, 2.24) is 4.90 Å². The van der Waals surface area contributed by atoms with Crippen LogP contribution in [0.1, 0.15) is 34.1 Å². The fraction of sp³-hybridized carbons (Fsp3) is 1.00. The van der Waals surface area contributed by atoms with Crippen LogP contribution in [-0.4, -0.2) is 50.0 Å². The average Bonchev–Trinajstić information content (AvgIpc) is 2.14. The lowest BCUT2D eigenvalue weighted by Crippen LogP contribution is -2.56. The molecule has 0 bridgehead atoms. The Kier molecular flexibility index (Phi) is 5.93. The van der Waals surface area contributed by atoms with Gasteiger partial charge in [0.05, 0.1) is 5.75 Å². The zero-order valence-corrected chi connectivity index (χ0v) is 12.0. The average molecular weight is 250 g/mol. The minimum absolute atomic E-state index is 0.123. The highest BCUT2D eigenvalue weighted by atomic mass is 32.2. The third-order valence-corrected chi connectivity index (χ3v) is 4.26. The van der Waals surface area contributed by atoms with Crippen LogP contribution in [0.15, 0.2) is 0 Å². The van der Waals surface area contributed by atoms with Crippen LogP contribution in [0.5, 0.6) is 0 Å². The fourth-order valence-corrected chi connectivity index (χ4v) is 2.65. The van der Waals surface area contributed by atoms with Crippen LogP contribution in [0.4, 0.5) is 0 Å². The molecule has 0 aliphatic heterocycles. The van der Waals surface area contributed by atoms with Crippen LogP contribution < -0.4 is 5.73 Å². The molecule has 16 heavy (non-hydrogen) atoms. The zero-order valence-electron chi connectivity index (χ0n) is 11.2. The van der Waals surface area contributed by atoms with Crippen LogP contribution in [0.2, 0.25) is 0 Å². The van der Waals surface area contributed by atoms with E-state index in [1.54, 1.807) is 0 Å². The Morgan fingerprint density at radius 1 is 1.25 bits per heavy atom. The van der Waals surface area contributed by atoms with E-state index in [9.17, 15) is 8.42 Å². The highest BCUT2D eigenvalue weighted by Crippen LogP contribution is 2.19. The van der Waals surface area contributed by atoms with Crippen molar-refractivity contribution < 1.29 is 8.42 Å². The van der Waals surface area contributed by atoms with Gasteiger partial charge in [-0.2, -0.15) is 0 Å². The van der Waals surface area contributed by atoms with Gasteiger partial charge in [0.25, 0.3) is 0 Å². The summed E-state index contributed by atoms with van der Waals surface area (Å²) >= 11 is 0. The van der Waals surface area contributed by atoms with E-state index < -0.39 is 9.84 Å². The van der Waals surface area contributed by atoms with E-state index in [1.165, 1.54) is 6.26 Å². The van der Waals surface area contributed by atoms with Crippen molar-refractivity contribution >= 4 is 9.84 Å². The summed E-state index contributed by atoms with van der Waals surface area (Å²) in [6.07, 6.45) is 1.77. The standard InChI is InChI=1S/C11H26N2O2S/c1-6-13(7-2)11(3,4)10(12)8-9-16(5,14)15/h10H,6-9,12H2,1-5H3. The molecular weight excluding hydrogens is 224 g/mol. The molecule has 4 nitrogen and oxygen atoms in total. The Labute approximate surface area is 100 Å². The van der Waals surface area contributed by atoms with Crippen LogP contribution in [-0.2, 0) is 9.84 Å². The Bertz CT molecular complexity index is 295. The highest BCUT2D eigenvalue weighted by Gasteiger charge is 2.31. The molecule has 0 saturated heterocycles. The van der Waals surface area contributed by atoms with Crippen molar-refractivity contribution in [2.75, 3.05) is 25.1 Å². The molecule has 0 amide bonds. The normalized spacial score (nSPS) is 15.4. The van der Waals surface area contributed by atoms with E-state index in [-0.39, 0.29) is 17.3 Å². The molecule has 0 heterocycles. The zero-order chi connectivity index (χ0) is 13.0. The van der Waals surface area contributed by atoms with E-state index in [4.69, 9.17) is 5.73 Å². The first kappa shape index (κ1) is 15.9. The van der Waals surface area contributed by atoms with E-state index in [0.29, 0.717) is 6.42 Å². The third kappa shape index (κ3) is 4.80. The van der Waals surface area contributed by atoms with Crippen molar-refractivity contribution in [3.63, 3.8) is 0 Å². The molecule has 0 aliphatic rings. The summed E-state index contributed by atoms with van der Waals surface area (Å²) in [4.78, 5) is 2.26. The lowest BCUT2D eigenvalue weighted by atomic mass is 9.91. The van der Waals surface area contributed by atoms with Crippen molar-refractivity contribution in [3.05, 3.63) is 0 Å². The molecule has 0 radical (unpaired) electrons. The van der Waals surface area contributed by atoms with E-state index in [0.717, 1.165) is 13.1 Å². The first-order valence-electron chi connectivity index (χ1n) is 5.83. The van der Waals surface area contributed by atoms with E-state index in [1.807, 2.05) is 0 Å². The monoisotopic (exact) mass is 250 g/mol. The molecule has 98 valence electrons. The van der Waals surface area contributed by atoms with Gasteiger partial charge in [-0.05, 0) is 33.4 Å². The highest BCUT2D eigenvalue weighted by molar-refractivity contribution is 7.90. The maximum Gasteiger partial charge on any atom is 0.147 e. The fourth-order valence-electron chi connectivity index (χ4n) is 1.97. The molecule has 0 rings (SSSR count). The molecule has 1 unspecified atom stereocenters. The maximum absolute atomic E-state index is 11.1. The minimum Gasteiger partial charge on any atom is -0.326 e. The van der Waals surface area contributed by atoms with Crippen molar-refractivity contribution in [2.24, 2.45) is 5.73 Å². The smallest absolute Gasteiger partial charge is 0.147 e. The van der Waals surface area contributed by atoms with Gasteiger partial charge in [0.2, 0.25) is 0 Å². The van der Waals surface area contributed by atoms with Gasteiger partial charge >= 0.3 is 0 Å². The van der Waals surface area contributed by atoms with Crippen molar-refractivity contribution in [1.29, 1.82) is 0 Å². The molecule has 1 atom stereocenters. The maximum atomic E-state index is 11.1. The van der Waals surface area contributed by atoms with Crippen molar-refractivity contribution in [3.8, 4) is 0 Å². The molecule has 0 spiro atoms. The number of rotatable bonds is 7. The predicted molar refractivity (Wildman–Crippen MR) is 69.3 cm³/mol. The van der Waals surface area contributed by atoms with E-state index >= 15 is 0 Å². The molecule has 0 aliphatic carbocycles. The second-order valence-corrected chi connectivity index (χ2v) is 7.11. The molecule has 0 fully saturated rings.